The summed E-state index contributed by atoms with van der Waals surface area (Å²) in [6, 6.07) is 0. The second-order valence-corrected chi connectivity index (χ2v) is 2.66. The van der Waals surface area contributed by atoms with Crippen LogP contribution in [0.3, 0.4) is 0 Å². The van der Waals surface area contributed by atoms with Crippen molar-refractivity contribution in [2.45, 2.75) is 25.7 Å². The highest BCUT2D eigenvalue weighted by atomic mass is 16.1. The molecule has 1 heteroatoms. The van der Waals surface area contributed by atoms with E-state index >= 15 is 0 Å². The summed E-state index contributed by atoms with van der Waals surface area (Å²) in [4.78, 5) is 10.00. The van der Waals surface area contributed by atoms with Gasteiger partial charge in [-0.05, 0) is 18.8 Å². The van der Waals surface area contributed by atoms with Gasteiger partial charge >= 0.3 is 0 Å². The zero-order valence-corrected chi connectivity index (χ0v) is 5.60. The van der Waals surface area contributed by atoms with Gasteiger partial charge in [-0.3, -0.25) is 0 Å². The minimum atomic E-state index is 0.574. The van der Waals surface area contributed by atoms with Crippen molar-refractivity contribution in [1.82, 2.24) is 0 Å². The normalized spacial score (nSPS) is 18.7. The van der Waals surface area contributed by atoms with Crippen molar-refractivity contribution < 1.29 is 4.79 Å². The predicted molar refractivity (Wildman–Crippen MR) is 37.2 cm³/mol. The SMILES string of the molecule is C=C(CC=O)C1CCC1. The molecule has 9 heavy (non-hydrogen) atoms. The lowest BCUT2D eigenvalue weighted by Crippen LogP contribution is -2.13. The molecule has 0 atom stereocenters. The lowest BCUT2D eigenvalue weighted by molar-refractivity contribution is -0.107. The molecule has 0 saturated heterocycles. The van der Waals surface area contributed by atoms with Crippen LogP contribution in [0, 0.1) is 5.92 Å². The molecule has 1 saturated carbocycles. The monoisotopic (exact) mass is 124 g/mol. The summed E-state index contributed by atoms with van der Waals surface area (Å²) < 4.78 is 0. The van der Waals surface area contributed by atoms with Gasteiger partial charge in [0.05, 0.1) is 0 Å². The first-order chi connectivity index (χ1) is 4.34. The molecule has 0 aromatic carbocycles. The van der Waals surface area contributed by atoms with Gasteiger partial charge in [-0.15, -0.1) is 0 Å². The van der Waals surface area contributed by atoms with E-state index in [1.54, 1.807) is 0 Å². The fourth-order valence-corrected chi connectivity index (χ4v) is 1.09. The molecule has 0 bridgehead atoms. The van der Waals surface area contributed by atoms with Gasteiger partial charge < -0.3 is 4.79 Å². The van der Waals surface area contributed by atoms with Crippen LogP contribution in [-0.4, -0.2) is 6.29 Å². The van der Waals surface area contributed by atoms with Gasteiger partial charge in [-0.25, -0.2) is 0 Å². The first-order valence-corrected chi connectivity index (χ1v) is 3.46. The molecule has 0 N–H and O–H groups in total. The van der Waals surface area contributed by atoms with Gasteiger partial charge in [-0.2, -0.15) is 0 Å². The average molecular weight is 124 g/mol. The largest absolute Gasteiger partial charge is 0.303 e. The lowest BCUT2D eigenvalue weighted by atomic mass is 9.79. The number of rotatable bonds is 3. The molecule has 50 valence electrons. The molecule has 0 amide bonds. The Kier molecular flexibility index (Phi) is 2.04. The van der Waals surface area contributed by atoms with Crippen molar-refractivity contribution in [1.29, 1.82) is 0 Å². The van der Waals surface area contributed by atoms with E-state index in [4.69, 9.17) is 0 Å². The summed E-state index contributed by atoms with van der Waals surface area (Å²) in [5.41, 5.74) is 1.14. The number of aldehydes is 1. The Bertz CT molecular complexity index is 123. The van der Waals surface area contributed by atoms with Crippen LogP contribution in [0.4, 0.5) is 0 Å². The summed E-state index contributed by atoms with van der Waals surface area (Å²) in [6.07, 6.45) is 5.35. The van der Waals surface area contributed by atoms with Crippen molar-refractivity contribution in [3.63, 3.8) is 0 Å². The number of hydrogen-bond donors (Lipinski definition) is 0. The fourth-order valence-electron chi connectivity index (χ4n) is 1.09. The van der Waals surface area contributed by atoms with Crippen molar-refractivity contribution in [3.8, 4) is 0 Å². The van der Waals surface area contributed by atoms with Gasteiger partial charge in [-0.1, -0.05) is 18.6 Å². The Labute approximate surface area is 55.8 Å². The standard InChI is InChI=1S/C8H12O/c1-7(5-6-9)8-3-2-4-8/h6,8H,1-5H2. The highest BCUT2D eigenvalue weighted by molar-refractivity contribution is 5.54. The average Bonchev–Trinajstić information content (AvgIpc) is 1.60. The van der Waals surface area contributed by atoms with E-state index in [2.05, 4.69) is 6.58 Å². The van der Waals surface area contributed by atoms with E-state index in [1.807, 2.05) is 0 Å². The number of carbonyl (C=O) groups is 1. The topological polar surface area (TPSA) is 17.1 Å². The summed E-state index contributed by atoms with van der Waals surface area (Å²) in [5.74, 6) is 0.676. The Balaban J connectivity index is 2.23. The molecule has 0 spiro atoms. The summed E-state index contributed by atoms with van der Waals surface area (Å²) in [6.45, 7) is 3.84. The third kappa shape index (κ3) is 1.41. The Morgan fingerprint density at radius 1 is 1.67 bits per heavy atom. The molecule has 1 rings (SSSR count). The smallest absolute Gasteiger partial charge is 0.124 e. The number of allylic oxidation sites excluding steroid dienone is 1. The first-order valence-electron chi connectivity index (χ1n) is 3.46. The van der Waals surface area contributed by atoms with Crippen LogP contribution in [0.5, 0.6) is 0 Å². The second-order valence-electron chi connectivity index (χ2n) is 2.66. The maximum absolute atomic E-state index is 10.00. The minimum absolute atomic E-state index is 0.574. The highest BCUT2D eigenvalue weighted by Gasteiger charge is 2.19. The maximum Gasteiger partial charge on any atom is 0.124 e. The van der Waals surface area contributed by atoms with Crippen LogP contribution >= 0.6 is 0 Å². The Morgan fingerprint density at radius 2 is 2.33 bits per heavy atom. The molecule has 1 aliphatic rings. The summed E-state index contributed by atoms with van der Waals surface area (Å²) in [7, 11) is 0. The first kappa shape index (κ1) is 6.53. The van der Waals surface area contributed by atoms with Gasteiger partial charge in [0, 0.05) is 6.42 Å². The summed E-state index contributed by atoms with van der Waals surface area (Å²) >= 11 is 0. The fraction of sp³-hybridized carbons (Fsp3) is 0.625. The van der Waals surface area contributed by atoms with Crippen LogP contribution < -0.4 is 0 Å². The Morgan fingerprint density at radius 3 is 2.67 bits per heavy atom. The third-order valence-corrected chi connectivity index (χ3v) is 2.03. The number of carbonyl (C=O) groups excluding carboxylic acids is 1. The molecule has 1 fully saturated rings. The van der Waals surface area contributed by atoms with E-state index in [-0.39, 0.29) is 0 Å². The van der Waals surface area contributed by atoms with Crippen LogP contribution in [0.25, 0.3) is 0 Å². The van der Waals surface area contributed by atoms with Gasteiger partial charge in [0.2, 0.25) is 0 Å². The second kappa shape index (κ2) is 2.81. The van der Waals surface area contributed by atoms with Gasteiger partial charge in [0.25, 0.3) is 0 Å². The van der Waals surface area contributed by atoms with E-state index in [0.29, 0.717) is 12.3 Å². The molecular weight excluding hydrogens is 112 g/mol. The zero-order valence-electron chi connectivity index (χ0n) is 5.60. The van der Waals surface area contributed by atoms with E-state index in [1.165, 1.54) is 19.3 Å². The van der Waals surface area contributed by atoms with Crippen LogP contribution in [-0.2, 0) is 4.79 Å². The van der Waals surface area contributed by atoms with Crippen molar-refractivity contribution in [2.24, 2.45) is 5.92 Å². The van der Waals surface area contributed by atoms with Gasteiger partial charge in [0.15, 0.2) is 0 Å². The Hall–Kier alpha value is -0.590. The quantitative estimate of drug-likeness (QED) is 0.415. The van der Waals surface area contributed by atoms with E-state index in [9.17, 15) is 4.79 Å². The molecule has 1 nitrogen and oxygen atoms in total. The molecule has 0 unspecified atom stereocenters. The molecule has 0 aromatic rings. The predicted octanol–water partition coefficient (Wildman–Crippen LogP) is 1.93. The van der Waals surface area contributed by atoms with E-state index in [0.717, 1.165) is 11.9 Å². The third-order valence-electron chi connectivity index (χ3n) is 2.03. The van der Waals surface area contributed by atoms with Gasteiger partial charge in [0.1, 0.15) is 6.29 Å². The van der Waals surface area contributed by atoms with Crippen molar-refractivity contribution >= 4 is 6.29 Å². The van der Waals surface area contributed by atoms with Crippen molar-refractivity contribution in [3.05, 3.63) is 12.2 Å². The molecular formula is C8H12O. The maximum atomic E-state index is 10.00. The van der Waals surface area contributed by atoms with Crippen LogP contribution in [0.15, 0.2) is 12.2 Å². The zero-order chi connectivity index (χ0) is 6.69. The molecule has 0 aliphatic heterocycles. The molecule has 0 radical (unpaired) electrons. The minimum Gasteiger partial charge on any atom is -0.303 e. The molecule has 0 aromatic heterocycles. The molecule has 1 aliphatic carbocycles. The van der Waals surface area contributed by atoms with Crippen molar-refractivity contribution in [2.75, 3.05) is 0 Å². The highest BCUT2D eigenvalue weighted by Crippen LogP contribution is 2.32. The summed E-state index contributed by atoms with van der Waals surface area (Å²) in [5, 5.41) is 0. The lowest BCUT2D eigenvalue weighted by Gasteiger charge is -2.26. The van der Waals surface area contributed by atoms with Crippen LogP contribution in [0.1, 0.15) is 25.7 Å². The molecule has 0 heterocycles. The number of hydrogen-bond acceptors (Lipinski definition) is 1. The van der Waals surface area contributed by atoms with Crippen LogP contribution in [0.2, 0.25) is 0 Å². The van der Waals surface area contributed by atoms with E-state index < -0.39 is 0 Å².